The van der Waals surface area contributed by atoms with E-state index in [9.17, 15) is 19.0 Å². The minimum absolute atomic E-state index is 0.0304. The van der Waals surface area contributed by atoms with Crippen molar-refractivity contribution < 1.29 is 42.1 Å². The number of allylic oxidation sites excluding steroid dienone is 4. The second-order valence-corrected chi connectivity index (χ2v) is 16.8. The Kier molecular flexibility index (Phi) is 34.2. The predicted molar refractivity (Wildman–Crippen MR) is 215 cm³/mol. The van der Waals surface area contributed by atoms with Crippen LogP contribution in [-0.4, -0.2) is 74.9 Å². The Morgan fingerprint density at radius 1 is 0.673 bits per heavy atom. The molecule has 0 aliphatic rings. The first-order chi connectivity index (χ1) is 25.0. The maximum atomic E-state index is 12.6. The molecular weight excluding hydrogens is 679 g/mol. The van der Waals surface area contributed by atoms with Crippen LogP contribution in [0.25, 0.3) is 0 Å². The SMILES string of the molecule is CCCCC/C=C\C/C=C\CCCCCCCC(=O)O[C@H](CO[14C](=O)CCCCCCCCCCCCCCC)COP(=O)(O)OCC[N+](C)(C)C. The zero-order valence-electron chi connectivity index (χ0n) is 34.3. The Bertz CT molecular complexity index is 949. The van der Waals surface area contributed by atoms with E-state index in [2.05, 4.69) is 38.2 Å². The van der Waals surface area contributed by atoms with E-state index in [1.54, 1.807) is 0 Å². The first kappa shape index (κ1) is 50.5. The molecule has 0 fully saturated rings. The molecule has 0 heterocycles. The molecule has 0 aliphatic heterocycles. The molecule has 52 heavy (non-hydrogen) atoms. The summed E-state index contributed by atoms with van der Waals surface area (Å²) < 4.78 is 34.2. The highest BCUT2D eigenvalue weighted by Gasteiger charge is 2.27. The molecule has 10 heteroatoms. The molecule has 0 amide bonds. The first-order valence-corrected chi connectivity index (χ1v) is 22.6. The molecule has 2 atom stereocenters. The number of carbonyl (C=O) groups excluding carboxylic acids is 2. The molecule has 306 valence electrons. The number of phosphoric ester groups is 1. The van der Waals surface area contributed by atoms with Crippen LogP contribution in [0.3, 0.4) is 0 Å². The Labute approximate surface area is 319 Å². The number of phosphoric acid groups is 1. The maximum Gasteiger partial charge on any atom is 0.472 e. The van der Waals surface area contributed by atoms with Crippen LogP contribution in [0.15, 0.2) is 24.3 Å². The van der Waals surface area contributed by atoms with Gasteiger partial charge in [-0.25, -0.2) is 4.57 Å². The standard InChI is InChI=1S/C42H80NO8P/c1-6-8-10-12-14-16-18-20-21-23-25-27-29-31-33-35-42(45)51-40(39-50-52(46,47)49-37-36-43(3,4)5)38-48-41(44)34-32-30-28-26-24-22-19-17-15-13-11-9-7-2/h14,16,20-21,40H,6-13,15,17-19,22-39H2,1-5H3/p+1/b16-14-,21-20-/t40-/m1/s1/i41+2. The average Bonchev–Trinajstić information content (AvgIpc) is 3.09. The van der Waals surface area contributed by atoms with E-state index in [-0.39, 0.29) is 32.0 Å². The van der Waals surface area contributed by atoms with E-state index in [1.165, 1.54) is 89.9 Å². The van der Waals surface area contributed by atoms with E-state index in [0.717, 1.165) is 57.8 Å². The molecule has 0 spiro atoms. The summed E-state index contributed by atoms with van der Waals surface area (Å²) in [6.45, 7) is 4.38. The minimum atomic E-state index is -4.37. The van der Waals surface area contributed by atoms with Gasteiger partial charge in [-0.3, -0.25) is 18.6 Å². The molecule has 1 N–H and O–H groups in total. The molecule has 0 aromatic heterocycles. The monoisotopic (exact) mass is 761 g/mol. The van der Waals surface area contributed by atoms with Gasteiger partial charge in [0.2, 0.25) is 0 Å². The molecule has 1 unspecified atom stereocenters. The summed E-state index contributed by atoms with van der Waals surface area (Å²) in [5.74, 6) is -0.810. The van der Waals surface area contributed by atoms with Crippen LogP contribution in [-0.2, 0) is 32.7 Å². The smallest absolute Gasteiger partial charge is 0.462 e. The van der Waals surface area contributed by atoms with E-state index < -0.39 is 26.5 Å². The maximum absolute atomic E-state index is 12.6. The minimum Gasteiger partial charge on any atom is -0.462 e. The van der Waals surface area contributed by atoms with Crippen LogP contribution in [0, 0.1) is 0 Å². The van der Waals surface area contributed by atoms with Crippen molar-refractivity contribution in [2.45, 2.75) is 187 Å². The normalized spacial score (nSPS) is 13.9. The van der Waals surface area contributed by atoms with Crippen molar-refractivity contribution in [2.24, 2.45) is 0 Å². The van der Waals surface area contributed by atoms with Crippen LogP contribution in [0.4, 0.5) is 0 Å². The molecule has 0 aliphatic carbocycles. The zero-order valence-corrected chi connectivity index (χ0v) is 35.2. The van der Waals surface area contributed by atoms with Crippen molar-refractivity contribution in [3.8, 4) is 0 Å². The van der Waals surface area contributed by atoms with E-state index in [0.29, 0.717) is 17.4 Å². The van der Waals surface area contributed by atoms with Crippen LogP contribution in [0.5, 0.6) is 0 Å². The second kappa shape index (κ2) is 35.2. The molecule has 0 saturated carbocycles. The van der Waals surface area contributed by atoms with Gasteiger partial charge in [0, 0.05) is 12.8 Å². The molecule has 0 rings (SSSR count). The van der Waals surface area contributed by atoms with E-state index >= 15 is 0 Å². The topological polar surface area (TPSA) is 108 Å². The summed E-state index contributed by atoms with van der Waals surface area (Å²) in [5, 5.41) is 0. The third kappa shape index (κ3) is 38.2. The predicted octanol–water partition coefficient (Wildman–Crippen LogP) is 11.6. The van der Waals surface area contributed by atoms with Crippen molar-refractivity contribution in [1.29, 1.82) is 0 Å². The van der Waals surface area contributed by atoms with E-state index in [4.69, 9.17) is 18.5 Å². The summed E-state index contributed by atoms with van der Waals surface area (Å²) >= 11 is 0. The van der Waals surface area contributed by atoms with Gasteiger partial charge >= 0.3 is 19.8 Å². The summed E-state index contributed by atoms with van der Waals surface area (Å²) in [5.41, 5.74) is 0. The summed E-state index contributed by atoms with van der Waals surface area (Å²) in [6, 6.07) is 0. The average molecular weight is 761 g/mol. The number of carbonyl (C=O) groups is 2. The molecular formula is C42H81NO8P+. The zero-order chi connectivity index (χ0) is 38.6. The summed E-state index contributed by atoms with van der Waals surface area (Å²) in [7, 11) is 1.47. The van der Waals surface area contributed by atoms with Crippen LogP contribution >= 0.6 is 7.82 Å². The molecule has 0 aromatic carbocycles. The third-order valence-corrected chi connectivity index (χ3v) is 9.97. The fourth-order valence-corrected chi connectivity index (χ4v) is 6.37. The number of quaternary nitrogens is 1. The Morgan fingerprint density at radius 3 is 1.71 bits per heavy atom. The largest absolute Gasteiger partial charge is 0.472 e. The highest BCUT2D eigenvalue weighted by atomic mass is 31.2. The lowest BCUT2D eigenvalue weighted by Crippen LogP contribution is -2.37. The lowest BCUT2D eigenvalue weighted by atomic mass is 10.0. The summed E-state index contributed by atoms with van der Waals surface area (Å²) in [4.78, 5) is 35.3. The Balaban J connectivity index is 4.41. The van der Waals surface area contributed by atoms with Gasteiger partial charge in [-0.15, -0.1) is 0 Å². The molecule has 0 radical (unpaired) electrons. The number of esters is 2. The van der Waals surface area contributed by atoms with Crippen molar-refractivity contribution in [2.75, 3.05) is 47.5 Å². The van der Waals surface area contributed by atoms with Gasteiger partial charge < -0.3 is 18.9 Å². The van der Waals surface area contributed by atoms with Gasteiger partial charge in [0.25, 0.3) is 0 Å². The Morgan fingerprint density at radius 2 is 1.15 bits per heavy atom. The van der Waals surface area contributed by atoms with Crippen molar-refractivity contribution in [3.63, 3.8) is 0 Å². The number of hydrogen-bond acceptors (Lipinski definition) is 7. The number of likely N-dealkylation sites (N-methyl/N-ethyl adjacent to an activating group) is 1. The third-order valence-electron chi connectivity index (χ3n) is 8.98. The summed E-state index contributed by atoms with van der Waals surface area (Å²) in [6.07, 6.45) is 36.4. The highest BCUT2D eigenvalue weighted by molar-refractivity contribution is 7.47. The van der Waals surface area contributed by atoms with E-state index in [1.807, 2.05) is 21.1 Å². The highest BCUT2D eigenvalue weighted by Crippen LogP contribution is 2.43. The quantitative estimate of drug-likeness (QED) is 0.0218. The molecule has 0 bridgehead atoms. The van der Waals surface area contributed by atoms with Crippen LogP contribution < -0.4 is 0 Å². The van der Waals surface area contributed by atoms with Crippen molar-refractivity contribution in [3.05, 3.63) is 24.3 Å². The van der Waals surface area contributed by atoms with Gasteiger partial charge in [-0.1, -0.05) is 147 Å². The molecule has 0 saturated heterocycles. The fourth-order valence-electron chi connectivity index (χ4n) is 5.63. The number of hydrogen-bond donors (Lipinski definition) is 1. The number of unbranched alkanes of at least 4 members (excludes halogenated alkanes) is 20. The molecule has 0 aromatic rings. The number of nitrogens with zero attached hydrogens (tertiary/aromatic N) is 1. The van der Waals surface area contributed by atoms with Crippen molar-refractivity contribution >= 4 is 19.8 Å². The van der Waals surface area contributed by atoms with Crippen molar-refractivity contribution in [1.82, 2.24) is 0 Å². The van der Waals surface area contributed by atoms with Gasteiger partial charge in [0.05, 0.1) is 27.7 Å². The fraction of sp³-hybridized carbons (Fsp3) is 0.857. The lowest BCUT2D eigenvalue weighted by molar-refractivity contribution is -0.870. The van der Waals surface area contributed by atoms with Gasteiger partial charge in [-0.05, 0) is 44.9 Å². The van der Waals surface area contributed by atoms with Crippen LogP contribution in [0.2, 0.25) is 0 Å². The van der Waals surface area contributed by atoms with Crippen LogP contribution in [0.1, 0.15) is 181 Å². The van der Waals surface area contributed by atoms with Gasteiger partial charge in [-0.2, -0.15) is 0 Å². The Hall–Kier alpha value is -1.51. The van der Waals surface area contributed by atoms with Gasteiger partial charge in [0.1, 0.15) is 19.8 Å². The van der Waals surface area contributed by atoms with Gasteiger partial charge in [0.15, 0.2) is 6.10 Å². The number of ether oxygens (including phenoxy) is 2. The molecule has 9 nitrogen and oxygen atoms in total. The first-order valence-electron chi connectivity index (χ1n) is 21.1. The number of rotatable bonds is 38. The second-order valence-electron chi connectivity index (χ2n) is 15.4. The lowest BCUT2D eigenvalue weighted by Gasteiger charge is -2.24.